The van der Waals surface area contributed by atoms with Gasteiger partial charge in [-0.2, -0.15) is 26.3 Å². The first-order valence-corrected chi connectivity index (χ1v) is 10.8. The molecule has 3 aromatic rings. The molecule has 1 aliphatic rings. The number of benzene rings is 2. The Morgan fingerprint density at radius 3 is 2.20 bits per heavy atom. The standard InChI is InChI=1S/C24H21F6N3O2/c1-15-14-33(22-10-9-21(31-32-22)24(28,29)30)12-11-18(15)35-19-8-7-16(23(25,26)27)13-20(19)34-17-5-3-2-4-6-17/h2-10,13,15,18H,11-12,14H2,1H3/t15-,18-/m0/s1. The Morgan fingerprint density at radius 2 is 1.60 bits per heavy atom. The molecule has 0 amide bonds. The Kier molecular flexibility index (Phi) is 6.77. The van der Waals surface area contributed by atoms with Gasteiger partial charge in [-0.05, 0) is 42.5 Å². The number of hydrogen-bond donors (Lipinski definition) is 0. The van der Waals surface area contributed by atoms with Crippen molar-refractivity contribution in [1.29, 1.82) is 0 Å². The SMILES string of the molecule is C[C@H]1CN(c2ccc(C(F)(F)F)nn2)CC[C@@H]1Oc1ccc(C(F)(F)F)cc1Oc1ccccc1. The lowest BCUT2D eigenvalue weighted by Crippen LogP contribution is -2.45. The highest BCUT2D eigenvalue weighted by Crippen LogP contribution is 2.40. The lowest BCUT2D eigenvalue weighted by molar-refractivity contribution is -0.141. The summed E-state index contributed by atoms with van der Waals surface area (Å²) < 4.78 is 89.8. The third-order valence-electron chi connectivity index (χ3n) is 5.61. The van der Waals surface area contributed by atoms with Gasteiger partial charge in [0, 0.05) is 25.4 Å². The number of ether oxygens (including phenoxy) is 2. The van der Waals surface area contributed by atoms with E-state index < -0.39 is 23.6 Å². The predicted molar refractivity (Wildman–Crippen MR) is 115 cm³/mol. The number of halogens is 6. The fourth-order valence-corrected chi connectivity index (χ4v) is 3.79. The Bertz CT molecular complexity index is 1140. The van der Waals surface area contributed by atoms with Crippen LogP contribution in [0.25, 0.3) is 0 Å². The summed E-state index contributed by atoms with van der Waals surface area (Å²) in [6.07, 6.45) is -9.01. The maximum Gasteiger partial charge on any atom is 0.435 e. The zero-order valence-electron chi connectivity index (χ0n) is 18.5. The average Bonchev–Trinajstić information content (AvgIpc) is 2.81. The third-order valence-corrected chi connectivity index (χ3v) is 5.61. The van der Waals surface area contributed by atoms with Crippen molar-refractivity contribution in [3.05, 3.63) is 71.9 Å². The molecule has 4 rings (SSSR count). The van der Waals surface area contributed by atoms with Crippen LogP contribution in [-0.2, 0) is 12.4 Å². The van der Waals surface area contributed by atoms with Crippen LogP contribution in [0, 0.1) is 5.92 Å². The summed E-state index contributed by atoms with van der Waals surface area (Å²) in [6.45, 7) is 2.72. The minimum atomic E-state index is -4.57. The molecule has 1 aromatic heterocycles. The van der Waals surface area contributed by atoms with Gasteiger partial charge in [0.05, 0.1) is 5.56 Å². The summed E-state index contributed by atoms with van der Waals surface area (Å²) in [4.78, 5) is 1.80. The van der Waals surface area contributed by atoms with E-state index in [9.17, 15) is 26.3 Å². The average molecular weight is 497 g/mol. The largest absolute Gasteiger partial charge is 0.486 e. The van der Waals surface area contributed by atoms with Crippen LogP contribution < -0.4 is 14.4 Å². The van der Waals surface area contributed by atoms with Crippen molar-refractivity contribution in [2.75, 3.05) is 18.0 Å². The molecule has 0 spiro atoms. The highest BCUT2D eigenvalue weighted by Gasteiger charge is 2.35. The molecule has 11 heteroatoms. The van der Waals surface area contributed by atoms with Gasteiger partial charge in [0.25, 0.3) is 0 Å². The van der Waals surface area contributed by atoms with E-state index in [2.05, 4.69) is 10.2 Å². The van der Waals surface area contributed by atoms with Gasteiger partial charge >= 0.3 is 12.4 Å². The molecule has 0 N–H and O–H groups in total. The van der Waals surface area contributed by atoms with Crippen molar-refractivity contribution >= 4 is 5.82 Å². The Balaban J connectivity index is 1.49. The van der Waals surface area contributed by atoms with Crippen LogP contribution in [0.3, 0.4) is 0 Å². The van der Waals surface area contributed by atoms with Gasteiger partial charge in [0.15, 0.2) is 23.0 Å². The van der Waals surface area contributed by atoms with Gasteiger partial charge in [-0.1, -0.05) is 25.1 Å². The first kappa shape index (κ1) is 24.6. The molecule has 2 atom stereocenters. The monoisotopic (exact) mass is 497 g/mol. The number of nitrogens with zero attached hydrogens (tertiary/aromatic N) is 3. The maximum atomic E-state index is 13.3. The Labute approximate surface area is 197 Å². The van der Waals surface area contributed by atoms with Crippen molar-refractivity contribution in [1.82, 2.24) is 10.2 Å². The molecule has 0 unspecified atom stereocenters. The summed E-state index contributed by atoms with van der Waals surface area (Å²) in [5, 5.41) is 6.95. The first-order chi connectivity index (χ1) is 16.5. The van der Waals surface area contributed by atoms with Crippen LogP contribution in [-0.4, -0.2) is 29.4 Å². The van der Waals surface area contributed by atoms with Crippen LogP contribution in [0.15, 0.2) is 60.7 Å². The fraction of sp³-hybridized carbons (Fsp3) is 0.333. The molecular formula is C24H21F6N3O2. The van der Waals surface area contributed by atoms with E-state index in [0.717, 1.165) is 18.2 Å². The van der Waals surface area contributed by atoms with Gasteiger partial charge in [-0.15, -0.1) is 10.2 Å². The molecule has 5 nitrogen and oxygen atoms in total. The quantitative estimate of drug-likeness (QED) is 0.372. The number of aromatic nitrogens is 2. The summed E-state index contributed by atoms with van der Waals surface area (Å²) in [5.41, 5.74) is -1.93. The normalized spacial score (nSPS) is 18.9. The lowest BCUT2D eigenvalue weighted by Gasteiger charge is -2.37. The molecule has 0 aliphatic carbocycles. The number of rotatable bonds is 5. The molecule has 1 fully saturated rings. The van der Waals surface area contributed by atoms with Crippen molar-refractivity contribution in [2.45, 2.75) is 31.8 Å². The van der Waals surface area contributed by atoms with Crippen LogP contribution in [0.4, 0.5) is 32.2 Å². The number of hydrogen-bond acceptors (Lipinski definition) is 5. The summed E-state index contributed by atoms with van der Waals surface area (Å²) in [6, 6.07) is 13.6. The van der Waals surface area contributed by atoms with Crippen molar-refractivity contribution in [2.24, 2.45) is 5.92 Å². The molecule has 2 aromatic carbocycles. The summed E-state index contributed by atoms with van der Waals surface area (Å²) in [7, 11) is 0. The third kappa shape index (κ3) is 5.95. The topological polar surface area (TPSA) is 47.5 Å². The smallest absolute Gasteiger partial charge is 0.435 e. The highest BCUT2D eigenvalue weighted by molar-refractivity contribution is 5.46. The molecule has 1 aliphatic heterocycles. The second-order valence-corrected chi connectivity index (χ2v) is 8.22. The van der Waals surface area contributed by atoms with E-state index >= 15 is 0 Å². The number of alkyl halides is 6. The minimum Gasteiger partial charge on any atom is -0.486 e. The lowest BCUT2D eigenvalue weighted by atomic mass is 9.96. The molecule has 0 saturated carbocycles. The molecule has 2 heterocycles. The van der Waals surface area contributed by atoms with E-state index in [1.54, 1.807) is 35.2 Å². The van der Waals surface area contributed by atoms with Crippen molar-refractivity contribution < 1.29 is 35.8 Å². The molecule has 1 saturated heterocycles. The van der Waals surface area contributed by atoms with Crippen LogP contribution in [0.1, 0.15) is 24.6 Å². The molecule has 35 heavy (non-hydrogen) atoms. The van der Waals surface area contributed by atoms with E-state index in [-0.39, 0.29) is 23.5 Å². The van der Waals surface area contributed by atoms with Crippen molar-refractivity contribution in [3.63, 3.8) is 0 Å². The minimum absolute atomic E-state index is 0.0609. The van der Waals surface area contributed by atoms with Gasteiger partial charge in [-0.25, -0.2) is 0 Å². The van der Waals surface area contributed by atoms with E-state index in [0.29, 0.717) is 31.1 Å². The van der Waals surface area contributed by atoms with Crippen molar-refractivity contribution in [3.8, 4) is 17.2 Å². The van der Waals surface area contributed by atoms with Crippen LogP contribution >= 0.6 is 0 Å². The second kappa shape index (κ2) is 9.63. The second-order valence-electron chi connectivity index (χ2n) is 8.22. The zero-order chi connectivity index (χ0) is 25.2. The predicted octanol–water partition coefficient (Wildman–Crippen LogP) is 6.60. The zero-order valence-corrected chi connectivity index (χ0v) is 18.5. The van der Waals surface area contributed by atoms with E-state index in [4.69, 9.17) is 9.47 Å². The maximum absolute atomic E-state index is 13.3. The van der Waals surface area contributed by atoms with E-state index in [1.807, 2.05) is 6.92 Å². The fourth-order valence-electron chi connectivity index (χ4n) is 3.79. The first-order valence-electron chi connectivity index (χ1n) is 10.8. The summed E-state index contributed by atoms with van der Waals surface area (Å²) in [5.74, 6) is 0.668. The van der Waals surface area contributed by atoms with Gasteiger partial charge < -0.3 is 14.4 Å². The van der Waals surface area contributed by atoms with E-state index in [1.165, 1.54) is 12.1 Å². The molecule has 0 bridgehead atoms. The molecule has 186 valence electrons. The van der Waals surface area contributed by atoms with Gasteiger partial charge in [0.2, 0.25) is 0 Å². The number of anilines is 1. The Morgan fingerprint density at radius 1 is 0.857 bits per heavy atom. The Hall–Kier alpha value is -3.50. The number of para-hydroxylation sites is 1. The van der Waals surface area contributed by atoms with Crippen LogP contribution in [0.5, 0.6) is 17.2 Å². The highest BCUT2D eigenvalue weighted by atomic mass is 19.4. The van der Waals surface area contributed by atoms with Crippen LogP contribution in [0.2, 0.25) is 0 Å². The van der Waals surface area contributed by atoms with Gasteiger partial charge in [-0.3, -0.25) is 0 Å². The molecular weight excluding hydrogens is 476 g/mol. The molecule has 0 radical (unpaired) electrons. The number of piperidine rings is 1. The summed E-state index contributed by atoms with van der Waals surface area (Å²) >= 11 is 0. The van der Waals surface area contributed by atoms with Gasteiger partial charge in [0.1, 0.15) is 11.9 Å².